The van der Waals surface area contributed by atoms with E-state index in [4.69, 9.17) is 4.74 Å². The van der Waals surface area contributed by atoms with Gasteiger partial charge in [0.05, 0.1) is 24.3 Å². The molecule has 1 heterocycles. The predicted octanol–water partition coefficient (Wildman–Crippen LogP) is 3.37. The van der Waals surface area contributed by atoms with Crippen molar-refractivity contribution in [2.75, 3.05) is 26.5 Å². The number of rotatable bonds is 8. The van der Waals surface area contributed by atoms with Gasteiger partial charge in [0.1, 0.15) is 5.82 Å². The van der Waals surface area contributed by atoms with Gasteiger partial charge >= 0.3 is 0 Å². The molecule has 0 radical (unpaired) electrons. The van der Waals surface area contributed by atoms with Gasteiger partial charge in [-0.1, -0.05) is 48.5 Å². The van der Waals surface area contributed by atoms with Gasteiger partial charge in [-0.15, -0.1) is 0 Å². The summed E-state index contributed by atoms with van der Waals surface area (Å²) in [5, 5.41) is 0. The van der Waals surface area contributed by atoms with Crippen LogP contribution < -0.4 is 4.72 Å². The molecule has 5 rings (SSSR count). The van der Waals surface area contributed by atoms with Crippen molar-refractivity contribution in [2.24, 2.45) is 10.8 Å². The number of carbonyl (C=O) groups excluding carboxylic acids is 1. The molecule has 0 aromatic heterocycles. The fourth-order valence-corrected chi connectivity index (χ4v) is 6.48. The molecular weight excluding hydrogens is 455 g/mol. The summed E-state index contributed by atoms with van der Waals surface area (Å²) >= 11 is 0. The van der Waals surface area contributed by atoms with E-state index in [9.17, 15) is 13.2 Å². The van der Waals surface area contributed by atoms with E-state index in [1.54, 1.807) is 19.2 Å². The molecular formula is C26H31FN2O4S. The van der Waals surface area contributed by atoms with Gasteiger partial charge in [0.15, 0.2) is 0 Å². The average molecular weight is 487 g/mol. The van der Waals surface area contributed by atoms with E-state index in [1.165, 1.54) is 0 Å². The molecule has 8 heteroatoms. The van der Waals surface area contributed by atoms with Crippen LogP contribution in [-0.4, -0.2) is 57.8 Å². The Labute approximate surface area is 200 Å². The van der Waals surface area contributed by atoms with Gasteiger partial charge in [-0.25, -0.2) is 17.5 Å². The first kappa shape index (κ1) is 23.5. The molecule has 182 valence electrons. The molecule has 1 spiro atoms. The molecule has 34 heavy (non-hydrogen) atoms. The third kappa shape index (κ3) is 4.27. The van der Waals surface area contributed by atoms with Crippen LogP contribution in [0, 0.1) is 16.6 Å². The number of ether oxygens (including phenoxy) is 1. The van der Waals surface area contributed by atoms with E-state index in [1.807, 2.05) is 41.3 Å². The highest BCUT2D eigenvalue weighted by Crippen LogP contribution is 2.58. The summed E-state index contributed by atoms with van der Waals surface area (Å²) in [6.45, 7) is 0.846. The second kappa shape index (κ2) is 8.43. The standard InChI is InChI=1S/C26H31FN2O4S/c1-33-17-26(13-14-26)24(30)29-16-25(11-12-25)23(28-34(2,31)32)21(29)15-19-9-6-10-20(22(19)27)18-7-4-3-5-8-18/h3-10,21,23,28H,11-17H2,1-2H3/t21-,23+/m0/s1. The zero-order valence-corrected chi connectivity index (χ0v) is 20.4. The largest absolute Gasteiger partial charge is 0.384 e. The van der Waals surface area contributed by atoms with Crippen LogP contribution in [0.25, 0.3) is 11.1 Å². The van der Waals surface area contributed by atoms with Crippen molar-refractivity contribution in [2.45, 2.75) is 44.2 Å². The molecule has 2 atom stereocenters. The molecule has 2 aromatic rings. The highest BCUT2D eigenvalue weighted by Gasteiger charge is 2.64. The molecule has 2 aromatic carbocycles. The van der Waals surface area contributed by atoms with Crippen LogP contribution in [0.15, 0.2) is 48.5 Å². The summed E-state index contributed by atoms with van der Waals surface area (Å²) in [5.41, 5.74) is 0.954. The summed E-state index contributed by atoms with van der Waals surface area (Å²) in [4.78, 5) is 15.5. The Hall–Kier alpha value is -2.29. The fraction of sp³-hybridized carbons (Fsp3) is 0.500. The van der Waals surface area contributed by atoms with Crippen LogP contribution in [0.3, 0.4) is 0 Å². The average Bonchev–Trinajstić information content (AvgIpc) is 3.72. The quantitative estimate of drug-likeness (QED) is 0.621. The van der Waals surface area contributed by atoms with Gasteiger partial charge in [-0.05, 0) is 43.2 Å². The molecule has 1 N–H and O–H groups in total. The number of halogens is 1. The number of amides is 1. The molecule has 3 fully saturated rings. The molecule has 0 bridgehead atoms. The summed E-state index contributed by atoms with van der Waals surface area (Å²) in [5.74, 6) is -0.322. The van der Waals surface area contributed by atoms with Gasteiger partial charge < -0.3 is 9.64 Å². The Morgan fingerprint density at radius 3 is 2.41 bits per heavy atom. The van der Waals surface area contributed by atoms with Crippen molar-refractivity contribution in [1.82, 2.24) is 9.62 Å². The van der Waals surface area contributed by atoms with E-state index < -0.39 is 27.5 Å². The van der Waals surface area contributed by atoms with Gasteiger partial charge in [0, 0.05) is 30.7 Å². The van der Waals surface area contributed by atoms with E-state index in [2.05, 4.69) is 4.72 Å². The molecule has 1 saturated heterocycles. The molecule has 1 aliphatic heterocycles. The highest BCUT2D eigenvalue weighted by molar-refractivity contribution is 7.88. The minimum Gasteiger partial charge on any atom is -0.384 e. The lowest BCUT2D eigenvalue weighted by molar-refractivity contribution is -0.140. The first-order valence-electron chi connectivity index (χ1n) is 11.8. The second-order valence-corrected chi connectivity index (χ2v) is 12.1. The van der Waals surface area contributed by atoms with Crippen molar-refractivity contribution >= 4 is 15.9 Å². The zero-order chi connectivity index (χ0) is 24.1. The first-order chi connectivity index (χ1) is 16.2. The van der Waals surface area contributed by atoms with Crippen molar-refractivity contribution in [3.63, 3.8) is 0 Å². The van der Waals surface area contributed by atoms with E-state index in [0.717, 1.165) is 37.5 Å². The molecule has 3 aliphatic rings. The minimum atomic E-state index is -3.51. The number of methoxy groups -OCH3 is 1. The first-order valence-corrected chi connectivity index (χ1v) is 13.7. The van der Waals surface area contributed by atoms with Crippen LogP contribution in [0.2, 0.25) is 0 Å². The fourth-order valence-electron chi connectivity index (χ4n) is 5.61. The van der Waals surface area contributed by atoms with Crippen molar-refractivity contribution < 1.29 is 22.3 Å². The number of nitrogens with zero attached hydrogens (tertiary/aromatic N) is 1. The van der Waals surface area contributed by atoms with Crippen LogP contribution in [0.5, 0.6) is 0 Å². The SMILES string of the molecule is COCC1(C(=O)N2CC3(CC3)[C@H](NS(C)(=O)=O)[C@@H]2Cc2cccc(-c3ccccc3)c2F)CC1. The summed E-state index contributed by atoms with van der Waals surface area (Å²) in [6.07, 6.45) is 4.62. The van der Waals surface area contributed by atoms with Crippen LogP contribution in [0.1, 0.15) is 31.2 Å². The summed E-state index contributed by atoms with van der Waals surface area (Å²) in [7, 11) is -1.92. The summed E-state index contributed by atoms with van der Waals surface area (Å²) in [6, 6.07) is 13.8. The molecule has 2 aliphatic carbocycles. The van der Waals surface area contributed by atoms with Crippen molar-refractivity contribution in [3.8, 4) is 11.1 Å². The van der Waals surface area contributed by atoms with Crippen molar-refractivity contribution in [3.05, 3.63) is 59.9 Å². The lowest BCUT2D eigenvalue weighted by Gasteiger charge is -2.32. The lowest BCUT2D eigenvalue weighted by atomic mass is 9.91. The normalized spacial score (nSPS) is 24.4. The zero-order valence-electron chi connectivity index (χ0n) is 19.6. The van der Waals surface area contributed by atoms with Gasteiger partial charge in [0.2, 0.25) is 15.9 Å². The Bertz CT molecular complexity index is 1190. The molecule has 0 unspecified atom stereocenters. The number of sulfonamides is 1. The third-order valence-corrected chi connectivity index (χ3v) is 8.43. The minimum absolute atomic E-state index is 0.00282. The Morgan fingerprint density at radius 2 is 1.82 bits per heavy atom. The van der Waals surface area contributed by atoms with E-state index >= 15 is 4.39 Å². The van der Waals surface area contributed by atoms with E-state index in [-0.39, 0.29) is 23.6 Å². The highest BCUT2D eigenvalue weighted by atomic mass is 32.2. The van der Waals surface area contributed by atoms with Gasteiger partial charge in [-0.2, -0.15) is 0 Å². The van der Waals surface area contributed by atoms with Gasteiger partial charge in [-0.3, -0.25) is 4.79 Å². The number of nitrogens with one attached hydrogen (secondary N) is 1. The van der Waals surface area contributed by atoms with Gasteiger partial charge in [0.25, 0.3) is 0 Å². The third-order valence-electron chi connectivity index (χ3n) is 7.74. The number of carbonyl (C=O) groups is 1. The number of hydrogen-bond acceptors (Lipinski definition) is 4. The molecule has 6 nitrogen and oxygen atoms in total. The molecule has 2 saturated carbocycles. The van der Waals surface area contributed by atoms with Crippen LogP contribution in [-0.2, 0) is 26.0 Å². The van der Waals surface area contributed by atoms with Crippen LogP contribution >= 0.6 is 0 Å². The van der Waals surface area contributed by atoms with E-state index in [0.29, 0.717) is 24.3 Å². The van der Waals surface area contributed by atoms with Crippen molar-refractivity contribution in [1.29, 1.82) is 0 Å². The number of hydrogen-bond donors (Lipinski definition) is 1. The summed E-state index contributed by atoms with van der Waals surface area (Å²) < 4.78 is 48.5. The number of benzene rings is 2. The lowest BCUT2D eigenvalue weighted by Crippen LogP contribution is -2.51. The topological polar surface area (TPSA) is 75.7 Å². The Morgan fingerprint density at radius 1 is 1.12 bits per heavy atom. The van der Waals surface area contributed by atoms with Crippen LogP contribution in [0.4, 0.5) is 4.39 Å². The smallest absolute Gasteiger partial charge is 0.231 e. The Balaban J connectivity index is 1.51. The second-order valence-electron chi connectivity index (χ2n) is 10.3. The maximum absolute atomic E-state index is 15.7. The maximum atomic E-state index is 15.7. The monoisotopic (exact) mass is 486 g/mol. The number of likely N-dealkylation sites (tertiary alicyclic amines) is 1. The maximum Gasteiger partial charge on any atom is 0.231 e. The predicted molar refractivity (Wildman–Crippen MR) is 128 cm³/mol. The molecule has 1 amide bonds. The Kier molecular flexibility index (Phi) is 5.81.